The smallest absolute Gasteiger partial charge is 0.464 e. The minimum Gasteiger partial charge on any atom is -0.464 e. The van der Waals surface area contributed by atoms with E-state index >= 15 is 0 Å². The molecule has 0 fully saturated rings. The third-order valence-electron chi connectivity index (χ3n) is 6.95. The van der Waals surface area contributed by atoms with E-state index in [4.69, 9.17) is 14.5 Å². The van der Waals surface area contributed by atoms with Crippen molar-refractivity contribution in [2.75, 3.05) is 13.2 Å². The zero-order chi connectivity index (χ0) is 34.9. The molecule has 0 amide bonds. The summed E-state index contributed by atoms with van der Waals surface area (Å²) < 4.78 is 116. The lowest BCUT2D eigenvalue weighted by Crippen LogP contribution is -2.33. The Bertz CT molecular complexity index is 1880. The number of phosphoric ester groups is 1. The first-order chi connectivity index (χ1) is 22.5. The summed E-state index contributed by atoms with van der Waals surface area (Å²) in [5.41, 5.74) is -3.28. The summed E-state index contributed by atoms with van der Waals surface area (Å²) in [6.07, 6.45) is -7.36. The van der Waals surface area contributed by atoms with E-state index in [1.807, 2.05) is 0 Å². The van der Waals surface area contributed by atoms with E-state index < -0.39 is 67.0 Å². The van der Waals surface area contributed by atoms with Gasteiger partial charge in [0.2, 0.25) is 0 Å². The van der Waals surface area contributed by atoms with Crippen LogP contribution in [0.4, 0.5) is 30.7 Å². The Hall–Kier alpha value is -4.64. The molecule has 254 valence electrons. The maximum atomic E-state index is 14.4. The van der Waals surface area contributed by atoms with Crippen molar-refractivity contribution in [2.45, 2.75) is 31.4 Å². The summed E-state index contributed by atoms with van der Waals surface area (Å²) in [6.45, 7) is -0.855. The highest BCUT2D eigenvalue weighted by atomic mass is 31.2. The van der Waals surface area contributed by atoms with Crippen molar-refractivity contribution in [1.29, 1.82) is 0 Å². The molecule has 0 radical (unpaired) electrons. The fourth-order valence-corrected chi connectivity index (χ4v) is 5.14. The topological polar surface area (TPSA) is 151 Å². The molecular formula is C29H23F7N5O6P. The number of imidazole rings is 1. The SMILES string of the molecule is O=C(OCCCOP(=O)(O)O)C(c1ccc(-c2ccc(C(F)(F)F)cc2C(F)(F)F)nn1)N1C=Cc2nc(-c3ccccc3F)[nH]c2C1. The van der Waals surface area contributed by atoms with Gasteiger partial charge in [0.1, 0.15) is 11.6 Å². The van der Waals surface area contributed by atoms with Gasteiger partial charge < -0.3 is 24.4 Å². The predicted octanol–water partition coefficient (Wildman–Crippen LogP) is 6.28. The highest BCUT2D eigenvalue weighted by molar-refractivity contribution is 7.46. The number of ether oxygens (including phenoxy) is 1. The highest BCUT2D eigenvalue weighted by Gasteiger charge is 2.39. The summed E-state index contributed by atoms with van der Waals surface area (Å²) in [6, 6.07) is 7.77. The van der Waals surface area contributed by atoms with Crippen LogP contribution in [0.3, 0.4) is 0 Å². The van der Waals surface area contributed by atoms with Crippen LogP contribution in [-0.2, 0) is 37.5 Å². The number of esters is 1. The second-order valence-electron chi connectivity index (χ2n) is 10.3. The molecule has 3 heterocycles. The lowest BCUT2D eigenvalue weighted by molar-refractivity contribution is -0.150. The molecule has 0 bridgehead atoms. The number of aromatic nitrogens is 4. The zero-order valence-corrected chi connectivity index (χ0v) is 25.1. The van der Waals surface area contributed by atoms with E-state index in [1.165, 1.54) is 35.4 Å². The number of fused-ring (bicyclic) bond motifs is 1. The fourth-order valence-electron chi connectivity index (χ4n) is 4.77. The number of benzene rings is 2. The average Bonchev–Trinajstić information content (AvgIpc) is 3.43. The molecule has 1 aliphatic heterocycles. The van der Waals surface area contributed by atoms with Crippen molar-refractivity contribution in [3.05, 3.63) is 94.8 Å². The van der Waals surface area contributed by atoms with Crippen LogP contribution < -0.4 is 0 Å². The number of halogens is 7. The molecule has 5 rings (SSSR count). The standard InChI is InChI=1S/C29H23F7N5O6P/c30-20-5-2-1-4-18(20)26-37-22-10-11-41(15-24(22)38-26)25(27(42)46-12-3-13-47-48(43,44)45)23-9-8-21(39-40-23)17-7-6-16(28(31,32)33)14-19(17)29(34,35)36/h1-2,4-11,14,25H,3,12-13,15H2,(H,37,38)(H2,43,44,45). The molecule has 11 nitrogen and oxygen atoms in total. The van der Waals surface area contributed by atoms with Gasteiger partial charge in [0.05, 0.1) is 59.2 Å². The number of alkyl halides is 6. The maximum absolute atomic E-state index is 14.4. The number of nitrogens with one attached hydrogen (secondary N) is 1. The molecule has 19 heteroatoms. The van der Waals surface area contributed by atoms with Crippen LogP contribution in [0.1, 0.15) is 40.7 Å². The average molecular weight is 701 g/mol. The lowest BCUT2D eigenvalue weighted by Gasteiger charge is -2.30. The number of carbonyl (C=O) groups excluding carboxylic acids is 1. The number of nitrogens with zero attached hydrogens (tertiary/aromatic N) is 4. The Kier molecular flexibility index (Phi) is 9.73. The lowest BCUT2D eigenvalue weighted by atomic mass is 10.00. The van der Waals surface area contributed by atoms with E-state index in [0.29, 0.717) is 23.5 Å². The van der Waals surface area contributed by atoms with Crippen molar-refractivity contribution >= 4 is 19.9 Å². The largest absolute Gasteiger partial charge is 0.469 e. The van der Waals surface area contributed by atoms with Crippen LogP contribution >= 0.6 is 7.82 Å². The Morgan fingerprint density at radius 2 is 1.73 bits per heavy atom. The maximum Gasteiger partial charge on any atom is 0.469 e. The normalized spacial score (nSPS) is 14.1. The van der Waals surface area contributed by atoms with Gasteiger partial charge >= 0.3 is 26.1 Å². The number of hydrogen-bond donors (Lipinski definition) is 3. The molecule has 2 aromatic heterocycles. The van der Waals surface area contributed by atoms with Gasteiger partial charge in [-0.3, -0.25) is 4.52 Å². The summed E-state index contributed by atoms with van der Waals surface area (Å²) in [5, 5.41) is 7.71. The van der Waals surface area contributed by atoms with Gasteiger partial charge in [-0.2, -0.15) is 36.5 Å². The summed E-state index contributed by atoms with van der Waals surface area (Å²) in [7, 11) is -4.76. The van der Waals surface area contributed by atoms with Gasteiger partial charge in [0.25, 0.3) is 0 Å². The number of rotatable bonds is 10. The van der Waals surface area contributed by atoms with Crippen LogP contribution in [0.15, 0.2) is 60.8 Å². The molecule has 2 aromatic carbocycles. The minimum atomic E-state index is -5.17. The van der Waals surface area contributed by atoms with E-state index in [9.17, 15) is 40.1 Å². The first-order valence-corrected chi connectivity index (χ1v) is 15.3. The number of H-pyrrole nitrogens is 1. The van der Waals surface area contributed by atoms with Crippen molar-refractivity contribution in [3.8, 4) is 22.6 Å². The molecule has 1 atom stereocenters. The Morgan fingerprint density at radius 1 is 0.979 bits per heavy atom. The monoisotopic (exact) mass is 701 g/mol. The third-order valence-corrected chi connectivity index (χ3v) is 7.46. The Labute approximate surface area is 266 Å². The fraction of sp³-hybridized carbons (Fsp3) is 0.241. The summed E-state index contributed by atoms with van der Waals surface area (Å²) in [5.74, 6) is -1.28. The molecule has 0 saturated carbocycles. The molecule has 1 aliphatic rings. The predicted molar refractivity (Wildman–Crippen MR) is 152 cm³/mol. The van der Waals surface area contributed by atoms with Crippen LogP contribution in [0.25, 0.3) is 28.7 Å². The van der Waals surface area contributed by atoms with Gasteiger partial charge in [0, 0.05) is 18.2 Å². The van der Waals surface area contributed by atoms with E-state index in [2.05, 4.69) is 24.7 Å². The Balaban J connectivity index is 1.44. The molecule has 4 aromatic rings. The van der Waals surface area contributed by atoms with E-state index in [1.54, 1.807) is 6.07 Å². The molecule has 0 spiro atoms. The van der Waals surface area contributed by atoms with Crippen molar-refractivity contribution in [3.63, 3.8) is 0 Å². The van der Waals surface area contributed by atoms with Crippen molar-refractivity contribution in [1.82, 2.24) is 25.1 Å². The highest BCUT2D eigenvalue weighted by Crippen LogP contribution is 2.41. The van der Waals surface area contributed by atoms with Crippen molar-refractivity contribution < 1.29 is 59.1 Å². The van der Waals surface area contributed by atoms with Crippen LogP contribution in [0.2, 0.25) is 0 Å². The third kappa shape index (κ3) is 8.07. The number of hydrogen-bond acceptors (Lipinski definition) is 8. The van der Waals surface area contributed by atoms with Gasteiger partial charge in [-0.15, -0.1) is 0 Å². The second-order valence-corrected chi connectivity index (χ2v) is 11.5. The van der Waals surface area contributed by atoms with Crippen LogP contribution in [0, 0.1) is 5.82 Å². The molecule has 0 aliphatic carbocycles. The number of carbonyl (C=O) groups is 1. The van der Waals surface area contributed by atoms with Gasteiger partial charge in [0.15, 0.2) is 6.04 Å². The zero-order valence-electron chi connectivity index (χ0n) is 24.2. The first-order valence-electron chi connectivity index (χ1n) is 13.8. The first kappa shape index (κ1) is 34.7. The van der Waals surface area contributed by atoms with Gasteiger partial charge in [-0.25, -0.2) is 18.7 Å². The van der Waals surface area contributed by atoms with E-state index in [-0.39, 0.29) is 42.7 Å². The molecular weight excluding hydrogens is 678 g/mol. The molecule has 48 heavy (non-hydrogen) atoms. The quantitative estimate of drug-likeness (QED) is 0.0746. The van der Waals surface area contributed by atoms with Gasteiger partial charge in [-0.05, 0) is 42.5 Å². The van der Waals surface area contributed by atoms with Crippen LogP contribution in [-0.4, -0.2) is 54.0 Å². The Morgan fingerprint density at radius 3 is 2.38 bits per heavy atom. The molecule has 0 saturated heterocycles. The van der Waals surface area contributed by atoms with Crippen LogP contribution in [0.5, 0.6) is 0 Å². The summed E-state index contributed by atoms with van der Waals surface area (Å²) in [4.78, 5) is 39.8. The number of aromatic amines is 1. The minimum absolute atomic E-state index is 0.0304. The molecule has 3 N–H and O–H groups in total. The van der Waals surface area contributed by atoms with E-state index in [0.717, 1.165) is 12.1 Å². The number of phosphoric acid groups is 1. The van der Waals surface area contributed by atoms with Gasteiger partial charge in [-0.1, -0.05) is 18.2 Å². The second kappa shape index (κ2) is 13.5. The summed E-state index contributed by atoms with van der Waals surface area (Å²) >= 11 is 0. The van der Waals surface area contributed by atoms with Crippen molar-refractivity contribution in [2.24, 2.45) is 0 Å². The molecule has 1 unspecified atom stereocenters.